The van der Waals surface area contributed by atoms with Gasteiger partial charge < -0.3 is 19.9 Å². The van der Waals surface area contributed by atoms with Crippen LogP contribution >= 0.6 is 11.3 Å². The Kier molecular flexibility index (Phi) is 6.43. The molecule has 11 heteroatoms. The molecule has 0 saturated carbocycles. The van der Waals surface area contributed by atoms with Gasteiger partial charge in [-0.05, 0) is 31.0 Å². The first-order valence-electron chi connectivity index (χ1n) is 11.6. The minimum Gasteiger partial charge on any atom is -0.491 e. The fourth-order valence-electron chi connectivity index (χ4n) is 4.17. The number of amides is 1. The molecule has 3 aromatic heterocycles. The number of para-hydroxylation sites is 1. The summed E-state index contributed by atoms with van der Waals surface area (Å²) in [7, 11) is 1.84. The van der Waals surface area contributed by atoms with E-state index in [4.69, 9.17) is 9.72 Å². The number of aromatic amines is 1. The summed E-state index contributed by atoms with van der Waals surface area (Å²) >= 11 is 1.72. The molecule has 0 radical (unpaired) electrons. The summed E-state index contributed by atoms with van der Waals surface area (Å²) in [4.78, 5) is 28.7. The van der Waals surface area contributed by atoms with Crippen LogP contribution in [0.5, 0.6) is 5.75 Å². The number of benzene rings is 1. The van der Waals surface area contributed by atoms with Gasteiger partial charge in [0.15, 0.2) is 5.52 Å². The number of carbonyl (C=O) groups is 1. The smallest absolute Gasteiger partial charge is 0.225 e. The molecule has 0 aliphatic carbocycles. The highest BCUT2D eigenvalue weighted by Gasteiger charge is 2.24. The number of thiophene rings is 1. The maximum atomic E-state index is 12.8. The van der Waals surface area contributed by atoms with Crippen molar-refractivity contribution in [3.8, 4) is 5.75 Å². The summed E-state index contributed by atoms with van der Waals surface area (Å²) in [5.74, 6) is 2.43. The summed E-state index contributed by atoms with van der Waals surface area (Å²) in [6.45, 7) is 5.49. The number of hydrogen-bond donors (Lipinski definition) is 2. The van der Waals surface area contributed by atoms with Crippen LogP contribution in [0.1, 0.15) is 24.6 Å². The molecular weight excluding hydrogens is 452 g/mol. The van der Waals surface area contributed by atoms with Crippen molar-refractivity contribution >= 4 is 50.3 Å². The standard InChI is InChI=1S/C23H28N8O2S/c1-3-15-14-16-21(25-23(24-2)26-22(16)34-15)31-11-9-30(10-12-31)19(32)8-5-13-33-18-7-4-6-17-20(18)28-29-27-17/h4,6-7,14H,3,5,8-13H2,1-2H3,(H,24,25,26)(H,27,28,29). The van der Waals surface area contributed by atoms with Crippen molar-refractivity contribution in [2.45, 2.75) is 26.2 Å². The predicted octanol–water partition coefficient (Wildman–Crippen LogP) is 3.07. The van der Waals surface area contributed by atoms with Gasteiger partial charge in [0.2, 0.25) is 11.9 Å². The number of H-pyrrole nitrogens is 1. The number of carbonyl (C=O) groups excluding carboxylic acids is 1. The fraction of sp³-hybridized carbons (Fsp3) is 0.435. The average Bonchev–Trinajstić information content (AvgIpc) is 3.53. The Bertz CT molecular complexity index is 1290. The monoisotopic (exact) mass is 480 g/mol. The Morgan fingerprint density at radius 3 is 2.85 bits per heavy atom. The van der Waals surface area contributed by atoms with E-state index in [0.29, 0.717) is 49.8 Å². The van der Waals surface area contributed by atoms with Crippen LogP contribution in [0.15, 0.2) is 24.3 Å². The highest BCUT2D eigenvalue weighted by atomic mass is 32.1. The van der Waals surface area contributed by atoms with E-state index in [2.05, 4.69) is 43.6 Å². The van der Waals surface area contributed by atoms with Crippen molar-refractivity contribution in [2.75, 3.05) is 50.1 Å². The van der Waals surface area contributed by atoms with E-state index in [9.17, 15) is 4.79 Å². The maximum Gasteiger partial charge on any atom is 0.225 e. The van der Waals surface area contributed by atoms with E-state index in [-0.39, 0.29) is 5.91 Å². The second-order valence-corrected chi connectivity index (χ2v) is 9.29. The molecule has 178 valence electrons. The molecule has 4 aromatic rings. The van der Waals surface area contributed by atoms with Gasteiger partial charge in [-0.25, -0.2) is 4.98 Å². The number of ether oxygens (including phenoxy) is 1. The number of aromatic nitrogens is 5. The SMILES string of the molecule is CCc1cc2c(N3CCN(C(=O)CCCOc4cccc5n[nH]nc45)CC3)nc(NC)nc2s1. The molecule has 0 unspecified atom stereocenters. The van der Waals surface area contributed by atoms with Gasteiger partial charge in [0.05, 0.1) is 12.0 Å². The highest BCUT2D eigenvalue weighted by molar-refractivity contribution is 7.18. The number of hydrogen-bond acceptors (Lipinski definition) is 9. The summed E-state index contributed by atoms with van der Waals surface area (Å²) in [5.41, 5.74) is 1.48. The number of anilines is 2. The molecule has 2 N–H and O–H groups in total. The Labute approximate surface area is 201 Å². The molecule has 10 nitrogen and oxygen atoms in total. The van der Waals surface area contributed by atoms with Crippen LogP contribution in [0.3, 0.4) is 0 Å². The van der Waals surface area contributed by atoms with Crippen LogP contribution in [0.4, 0.5) is 11.8 Å². The lowest BCUT2D eigenvalue weighted by Crippen LogP contribution is -2.49. The van der Waals surface area contributed by atoms with Crippen LogP contribution in [0.2, 0.25) is 0 Å². The van der Waals surface area contributed by atoms with Crippen molar-refractivity contribution in [3.63, 3.8) is 0 Å². The van der Waals surface area contributed by atoms with Crippen LogP contribution in [0, 0.1) is 0 Å². The Hall–Kier alpha value is -3.47. The second-order valence-electron chi connectivity index (χ2n) is 8.17. The summed E-state index contributed by atoms with van der Waals surface area (Å²) in [6, 6.07) is 7.83. The van der Waals surface area contributed by atoms with E-state index in [1.165, 1.54) is 4.88 Å². The summed E-state index contributed by atoms with van der Waals surface area (Å²) in [6.07, 6.45) is 2.09. The summed E-state index contributed by atoms with van der Waals surface area (Å²) < 4.78 is 5.84. The zero-order chi connectivity index (χ0) is 23.5. The number of nitrogens with zero attached hydrogens (tertiary/aromatic N) is 6. The fourth-order valence-corrected chi connectivity index (χ4v) is 5.14. The molecule has 0 atom stereocenters. The molecule has 1 aliphatic heterocycles. The number of aryl methyl sites for hydroxylation is 1. The lowest BCUT2D eigenvalue weighted by molar-refractivity contribution is -0.131. The zero-order valence-electron chi connectivity index (χ0n) is 19.4. The first kappa shape index (κ1) is 22.3. The lowest BCUT2D eigenvalue weighted by atomic mass is 10.2. The molecule has 5 rings (SSSR count). The third-order valence-electron chi connectivity index (χ3n) is 6.03. The van der Waals surface area contributed by atoms with Gasteiger partial charge in [-0.1, -0.05) is 13.0 Å². The van der Waals surface area contributed by atoms with Crippen molar-refractivity contribution in [2.24, 2.45) is 0 Å². The minimum absolute atomic E-state index is 0.162. The van der Waals surface area contributed by atoms with Gasteiger partial charge in [0.25, 0.3) is 0 Å². The van der Waals surface area contributed by atoms with E-state index < -0.39 is 0 Å². The highest BCUT2D eigenvalue weighted by Crippen LogP contribution is 2.33. The van der Waals surface area contributed by atoms with Gasteiger partial charge >= 0.3 is 0 Å². The third kappa shape index (κ3) is 4.47. The van der Waals surface area contributed by atoms with Crippen molar-refractivity contribution in [1.29, 1.82) is 0 Å². The first-order valence-corrected chi connectivity index (χ1v) is 12.4. The topological polar surface area (TPSA) is 112 Å². The number of nitrogens with one attached hydrogen (secondary N) is 2. The molecule has 34 heavy (non-hydrogen) atoms. The van der Waals surface area contributed by atoms with Gasteiger partial charge in [-0.2, -0.15) is 20.4 Å². The number of rotatable bonds is 8. The quantitative estimate of drug-likeness (QED) is 0.370. The lowest BCUT2D eigenvalue weighted by Gasteiger charge is -2.35. The first-order chi connectivity index (χ1) is 16.7. The molecule has 4 heterocycles. The molecule has 1 amide bonds. The Balaban J connectivity index is 1.15. The van der Waals surface area contributed by atoms with Crippen molar-refractivity contribution in [3.05, 3.63) is 29.1 Å². The van der Waals surface area contributed by atoms with Gasteiger partial charge in [-0.3, -0.25) is 4.79 Å². The van der Waals surface area contributed by atoms with Crippen LogP contribution < -0.4 is 15.0 Å². The zero-order valence-corrected chi connectivity index (χ0v) is 20.2. The van der Waals surface area contributed by atoms with Crippen LogP contribution in [-0.2, 0) is 11.2 Å². The largest absolute Gasteiger partial charge is 0.491 e. The van der Waals surface area contributed by atoms with Crippen molar-refractivity contribution < 1.29 is 9.53 Å². The van der Waals surface area contributed by atoms with Gasteiger partial charge in [0, 0.05) is 44.5 Å². The molecule has 1 aromatic carbocycles. The van der Waals surface area contributed by atoms with E-state index in [0.717, 1.165) is 41.1 Å². The van der Waals surface area contributed by atoms with E-state index >= 15 is 0 Å². The number of piperazine rings is 1. The van der Waals surface area contributed by atoms with E-state index in [1.807, 2.05) is 30.1 Å². The molecule has 1 aliphatic rings. The molecule has 1 saturated heterocycles. The van der Waals surface area contributed by atoms with Crippen molar-refractivity contribution in [1.82, 2.24) is 30.3 Å². The van der Waals surface area contributed by atoms with Crippen LogP contribution in [-0.4, -0.2) is 76.0 Å². The maximum absolute atomic E-state index is 12.8. The minimum atomic E-state index is 0.162. The molecule has 0 bridgehead atoms. The molecule has 0 spiro atoms. The third-order valence-corrected chi connectivity index (χ3v) is 7.20. The summed E-state index contributed by atoms with van der Waals surface area (Å²) in [5, 5.41) is 15.0. The van der Waals surface area contributed by atoms with Gasteiger partial charge in [0.1, 0.15) is 21.9 Å². The Morgan fingerprint density at radius 2 is 2.06 bits per heavy atom. The van der Waals surface area contributed by atoms with Crippen LogP contribution in [0.25, 0.3) is 21.3 Å². The number of fused-ring (bicyclic) bond motifs is 2. The molecule has 1 fully saturated rings. The van der Waals surface area contributed by atoms with E-state index in [1.54, 1.807) is 11.3 Å². The normalized spacial score (nSPS) is 14.2. The predicted molar refractivity (Wildman–Crippen MR) is 134 cm³/mol. The average molecular weight is 481 g/mol. The molecular formula is C23H28N8O2S. The van der Waals surface area contributed by atoms with Gasteiger partial charge in [-0.15, -0.1) is 11.3 Å². The second kappa shape index (κ2) is 9.80. The Morgan fingerprint density at radius 1 is 1.21 bits per heavy atom.